The summed E-state index contributed by atoms with van der Waals surface area (Å²) in [7, 11) is 1.48. The van der Waals surface area contributed by atoms with E-state index in [1.807, 2.05) is 17.0 Å². The molecule has 0 unspecified atom stereocenters. The number of carboxylic acids is 1. The van der Waals surface area contributed by atoms with Crippen molar-refractivity contribution >= 4 is 17.8 Å². The van der Waals surface area contributed by atoms with Gasteiger partial charge in [0, 0.05) is 44.0 Å². The number of rotatable bonds is 4. The van der Waals surface area contributed by atoms with Gasteiger partial charge in [-0.25, -0.2) is 4.79 Å². The van der Waals surface area contributed by atoms with Crippen molar-refractivity contribution in [3.05, 3.63) is 41.9 Å². The zero-order valence-corrected chi connectivity index (χ0v) is 18.2. The number of piperidine rings is 1. The highest BCUT2D eigenvalue weighted by Gasteiger charge is 2.47. The Bertz CT molecular complexity index is 1020. The minimum absolute atomic E-state index is 0.178. The molecular weight excluding hydrogens is 461 g/mol. The number of aliphatic carboxylic acids is 1. The number of nitrogens with zero attached hydrogens (tertiary/aromatic N) is 4. The minimum Gasteiger partial charge on any atom is -0.479 e. The molecule has 2 fully saturated rings. The number of amides is 2. The molecule has 2 amide bonds. The molecule has 13 heteroatoms. The normalized spacial score (nSPS) is 17.4. The monoisotopic (exact) mass is 484 g/mol. The quantitative estimate of drug-likeness (QED) is 0.702. The standard InChI is InChI=1S/C19H22N4O4.C2HF3O2/c1-26-16-11-15(27-21-16)18(25)22-9-6-19(7-10-22)5-4-17(24)23(19)13-14-3-2-8-20-12-14;3-2(4,5)1(6)7/h2-3,8,11-12H,4-7,9-10,13H2,1H3;(H,6,7). The molecule has 0 bridgehead atoms. The second kappa shape index (κ2) is 10.1. The fourth-order valence-electron chi connectivity index (χ4n) is 4.06. The number of carbonyl (C=O) groups excluding carboxylic acids is 2. The summed E-state index contributed by atoms with van der Waals surface area (Å²) in [6.07, 6.45) is 1.37. The summed E-state index contributed by atoms with van der Waals surface area (Å²) in [5.41, 5.74) is 0.849. The van der Waals surface area contributed by atoms with E-state index in [4.69, 9.17) is 19.2 Å². The SMILES string of the molecule is COc1cc(C(=O)N2CCC3(CCC(=O)N3Cc3cccnc3)CC2)on1.O=C(O)C(F)(F)F. The van der Waals surface area contributed by atoms with Crippen molar-refractivity contribution in [2.24, 2.45) is 0 Å². The molecule has 2 saturated heterocycles. The maximum atomic E-state index is 12.6. The Kier molecular flexibility index (Phi) is 7.42. The van der Waals surface area contributed by atoms with Crippen LogP contribution >= 0.6 is 0 Å². The van der Waals surface area contributed by atoms with Crippen LogP contribution in [-0.2, 0) is 16.1 Å². The first-order chi connectivity index (χ1) is 16.1. The number of aromatic nitrogens is 2. The average Bonchev–Trinajstić information content (AvgIpc) is 3.41. The highest BCUT2D eigenvalue weighted by atomic mass is 19.4. The minimum atomic E-state index is -5.08. The van der Waals surface area contributed by atoms with Gasteiger partial charge in [-0.1, -0.05) is 6.07 Å². The summed E-state index contributed by atoms with van der Waals surface area (Å²) in [6, 6.07) is 5.37. The number of likely N-dealkylation sites (tertiary alicyclic amines) is 2. The molecule has 1 N–H and O–H groups in total. The number of carbonyl (C=O) groups is 3. The molecule has 0 aromatic carbocycles. The van der Waals surface area contributed by atoms with Crippen molar-refractivity contribution in [2.75, 3.05) is 20.2 Å². The van der Waals surface area contributed by atoms with Crippen LogP contribution in [0.25, 0.3) is 0 Å². The van der Waals surface area contributed by atoms with Crippen LogP contribution in [0.4, 0.5) is 13.2 Å². The van der Waals surface area contributed by atoms with Crippen molar-refractivity contribution < 1.29 is 41.9 Å². The number of methoxy groups -OCH3 is 1. The Morgan fingerprint density at radius 1 is 1.26 bits per heavy atom. The van der Waals surface area contributed by atoms with Gasteiger partial charge >= 0.3 is 12.1 Å². The van der Waals surface area contributed by atoms with Crippen LogP contribution in [0.1, 0.15) is 41.8 Å². The lowest BCUT2D eigenvalue weighted by atomic mass is 9.84. The summed E-state index contributed by atoms with van der Waals surface area (Å²) >= 11 is 0. The van der Waals surface area contributed by atoms with E-state index in [0.717, 1.165) is 24.8 Å². The molecule has 2 aliphatic heterocycles. The van der Waals surface area contributed by atoms with Gasteiger partial charge < -0.3 is 24.2 Å². The van der Waals surface area contributed by atoms with Gasteiger partial charge in [0.25, 0.3) is 11.8 Å². The molecule has 4 heterocycles. The van der Waals surface area contributed by atoms with Crippen LogP contribution in [0.2, 0.25) is 0 Å². The Morgan fingerprint density at radius 3 is 2.47 bits per heavy atom. The first-order valence-corrected chi connectivity index (χ1v) is 10.4. The second-order valence-corrected chi connectivity index (χ2v) is 7.89. The third kappa shape index (κ3) is 5.64. The van der Waals surface area contributed by atoms with E-state index in [1.54, 1.807) is 17.3 Å². The Labute approximate surface area is 192 Å². The van der Waals surface area contributed by atoms with Crippen LogP contribution < -0.4 is 4.74 Å². The van der Waals surface area contributed by atoms with Crippen LogP contribution in [0.5, 0.6) is 5.88 Å². The number of ether oxygens (including phenoxy) is 1. The summed E-state index contributed by atoms with van der Waals surface area (Å²) in [4.78, 5) is 41.9. The van der Waals surface area contributed by atoms with E-state index < -0.39 is 12.1 Å². The number of halogens is 3. The van der Waals surface area contributed by atoms with E-state index in [0.29, 0.717) is 26.1 Å². The maximum absolute atomic E-state index is 12.6. The van der Waals surface area contributed by atoms with E-state index in [2.05, 4.69) is 10.1 Å². The summed E-state index contributed by atoms with van der Waals surface area (Å²) < 4.78 is 41.8. The Balaban J connectivity index is 0.000000406. The van der Waals surface area contributed by atoms with Gasteiger partial charge in [-0.05, 0) is 36.0 Å². The number of hydrogen-bond donors (Lipinski definition) is 1. The molecule has 2 aliphatic rings. The number of carboxylic acid groups (broad SMARTS) is 1. The zero-order valence-electron chi connectivity index (χ0n) is 18.2. The molecule has 184 valence electrons. The third-order valence-electron chi connectivity index (χ3n) is 5.87. The number of hydrogen-bond acceptors (Lipinski definition) is 7. The molecule has 0 aliphatic carbocycles. The van der Waals surface area contributed by atoms with Crippen LogP contribution in [-0.4, -0.2) is 74.7 Å². The molecule has 34 heavy (non-hydrogen) atoms. The van der Waals surface area contributed by atoms with Gasteiger partial charge in [0.15, 0.2) is 0 Å². The first-order valence-electron chi connectivity index (χ1n) is 10.4. The first kappa shape index (κ1) is 25.0. The summed E-state index contributed by atoms with van der Waals surface area (Å²) in [5.74, 6) is -2.30. The highest BCUT2D eigenvalue weighted by molar-refractivity contribution is 5.91. The lowest BCUT2D eigenvalue weighted by Crippen LogP contribution is -2.53. The zero-order chi connectivity index (χ0) is 24.9. The molecule has 0 atom stereocenters. The summed E-state index contributed by atoms with van der Waals surface area (Å²) in [6.45, 7) is 1.73. The molecule has 1 spiro atoms. The van der Waals surface area contributed by atoms with Crippen molar-refractivity contribution in [1.82, 2.24) is 19.9 Å². The lowest BCUT2D eigenvalue weighted by Gasteiger charge is -2.44. The maximum Gasteiger partial charge on any atom is 0.490 e. The smallest absolute Gasteiger partial charge is 0.479 e. The van der Waals surface area contributed by atoms with Gasteiger partial charge in [-0.2, -0.15) is 13.2 Å². The highest BCUT2D eigenvalue weighted by Crippen LogP contribution is 2.40. The molecule has 2 aromatic rings. The van der Waals surface area contributed by atoms with E-state index in [1.165, 1.54) is 13.2 Å². The van der Waals surface area contributed by atoms with Crippen molar-refractivity contribution in [1.29, 1.82) is 0 Å². The third-order valence-corrected chi connectivity index (χ3v) is 5.87. The summed E-state index contributed by atoms with van der Waals surface area (Å²) in [5, 5.41) is 10.8. The van der Waals surface area contributed by atoms with E-state index >= 15 is 0 Å². The van der Waals surface area contributed by atoms with Crippen LogP contribution in [0.15, 0.2) is 35.1 Å². The largest absolute Gasteiger partial charge is 0.490 e. The Morgan fingerprint density at radius 2 is 1.94 bits per heavy atom. The predicted octanol–water partition coefficient (Wildman–Crippen LogP) is 2.51. The van der Waals surface area contributed by atoms with Gasteiger partial charge in [0.1, 0.15) is 0 Å². The van der Waals surface area contributed by atoms with Crippen molar-refractivity contribution in [3.63, 3.8) is 0 Å². The topological polar surface area (TPSA) is 126 Å². The molecule has 0 radical (unpaired) electrons. The Hall–Kier alpha value is -3.64. The lowest BCUT2D eigenvalue weighted by molar-refractivity contribution is -0.192. The van der Waals surface area contributed by atoms with E-state index in [-0.39, 0.29) is 29.0 Å². The van der Waals surface area contributed by atoms with Gasteiger partial charge in [0.05, 0.1) is 13.2 Å². The van der Waals surface area contributed by atoms with E-state index in [9.17, 15) is 22.8 Å². The molecular formula is C21H23F3N4O6. The second-order valence-electron chi connectivity index (χ2n) is 7.89. The molecule has 4 rings (SSSR count). The average molecular weight is 484 g/mol. The molecule has 10 nitrogen and oxygen atoms in total. The fraction of sp³-hybridized carbons (Fsp3) is 0.476. The predicted molar refractivity (Wildman–Crippen MR) is 109 cm³/mol. The van der Waals surface area contributed by atoms with Crippen LogP contribution in [0, 0.1) is 0 Å². The number of alkyl halides is 3. The van der Waals surface area contributed by atoms with Crippen molar-refractivity contribution in [2.45, 2.75) is 43.9 Å². The fourth-order valence-corrected chi connectivity index (χ4v) is 4.06. The van der Waals surface area contributed by atoms with Gasteiger partial charge in [-0.15, -0.1) is 0 Å². The van der Waals surface area contributed by atoms with Gasteiger partial charge in [-0.3, -0.25) is 14.6 Å². The molecule has 2 aromatic heterocycles. The van der Waals surface area contributed by atoms with Crippen molar-refractivity contribution in [3.8, 4) is 5.88 Å². The number of pyridine rings is 1. The molecule has 0 saturated carbocycles. The van der Waals surface area contributed by atoms with Crippen LogP contribution in [0.3, 0.4) is 0 Å². The van der Waals surface area contributed by atoms with Gasteiger partial charge in [0.2, 0.25) is 11.7 Å².